The van der Waals surface area contributed by atoms with E-state index in [1.165, 1.54) is 23.5 Å². The highest BCUT2D eigenvalue weighted by molar-refractivity contribution is 7.17. The molecule has 3 nitrogen and oxygen atoms in total. The maximum Gasteiger partial charge on any atom is 0.264 e. The van der Waals surface area contributed by atoms with E-state index in [4.69, 9.17) is 23.2 Å². The Morgan fingerprint density at radius 1 is 1.13 bits per heavy atom. The quantitative estimate of drug-likeness (QED) is 0.807. The normalized spacial score (nSPS) is 15.9. The topological polar surface area (TPSA) is 23.6 Å². The van der Waals surface area contributed by atoms with E-state index in [0.717, 1.165) is 18.7 Å². The van der Waals surface area contributed by atoms with E-state index in [-0.39, 0.29) is 11.7 Å². The van der Waals surface area contributed by atoms with Crippen LogP contribution >= 0.6 is 34.5 Å². The van der Waals surface area contributed by atoms with Crippen molar-refractivity contribution in [3.8, 4) is 0 Å². The summed E-state index contributed by atoms with van der Waals surface area (Å²) < 4.78 is 13.7. The summed E-state index contributed by atoms with van der Waals surface area (Å²) in [7, 11) is 0. The summed E-state index contributed by atoms with van der Waals surface area (Å²) in [5, 5.41) is 0.441. The van der Waals surface area contributed by atoms with Gasteiger partial charge in [-0.05, 0) is 29.8 Å². The molecule has 3 rings (SSSR count). The van der Waals surface area contributed by atoms with E-state index in [2.05, 4.69) is 4.90 Å². The van der Waals surface area contributed by atoms with Crippen molar-refractivity contribution in [1.29, 1.82) is 0 Å². The minimum atomic E-state index is -0.330. The van der Waals surface area contributed by atoms with Gasteiger partial charge in [-0.2, -0.15) is 0 Å². The maximum absolute atomic E-state index is 13.1. The molecule has 0 N–H and O–H groups in total. The first-order valence-electron chi connectivity index (χ1n) is 7.24. The zero-order chi connectivity index (χ0) is 16.4. The van der Waals surface area contributed by atoms with Crippen molar-refractivity contribution in [3.63, 3.8) is 0 Å². The van der Waals surface area contributed by atoms with Crippen molar-refractivity contribution in [2.24, 2.45) is 0 Å². The highest BCUT2D eigenvalue weighted by Crippen LogP contribution is 2.24. The molecule has 2 aromatic rings. The molecule has 1 aromatic carbocycles. The van der Waals surface area contributed by atoms with Gasteiger partial charge in [-0.25, -0.2) is 4.39 Å². The number of carbonyl (C=O) groups is 1. The summed E-state index contributed by atoms with van der Waals surface area (Å²) >= 11 is 13.3. The van der Waals surface area contributed by atoms with Gasteiger partial charge in [0.1, 0.15) is 5.82 Å². The van der Waals surface area contributed by atoms with Gasteiger partial charge in [-0.15, -0.1) is 11.3 Å². The second-order valence-electron chi connectivity index (χ2n) is 5.41. The smallest absolute Gasteiger partial charge is 0.264 e. The minimum Gasteiger partial charge on any atom is -0.335 e. The average molecular weight is 373 g/mol. The molecule has 0 saturated carbocycles. The Morgan fingerprint density at radius 3 is 2.48 bits per heavy atom. The monoisotopic (exact) mass is 372 g/mol. The van der Waals surface area contributed by atoms with Crippen LogP contribution in [0.25, 0.3) is 0 Å². The molecule has 2 heterocycles. The van der Waals surface area contributed by atoms with E-state index in [1.54, 1.807) is 18.2 Å². The molecule has 1 aromatic heterocycles. The molecule has 122 valence electrons. The number of piperazine rings is 1. The number of amides is 1. The van der Waals surface area contributed by atoms with Crippen LogP contribution in [0.3, 0.4) is 0 Å². The number of rotatable bonds is 3. The van der Waals surface area contributed by atoms with E-state index in [9.17, 15) is 9.18 Å². The lowest BCUT2D eigenvalue weighted by Crippen LogP contribution is -2.48. The number of hydrogen-bond donors (Lipinski definition) is 0. The molecule has 0 aliphatic carbocycles. The average Bonchev–Trinajstić information content (AvgIpc) is 2.97. The predicted octanol–water partition coefficient (Wildman–Crippen LogP) is 4.15. The summed E-state index contributed by atoms with van der Waals surface area (Å²) in [5.74, 6) is -0.301. The Kier molecular flexibility index (Phi) is 5.21. The van der Waals surface area contributed by atoms with Crippen LogP contribution in [0.2, 0.25) is 9.36 Å². The Labute approximate surface area is 148 Å². The molecule has 0 radical (unpaired) electrons. The fraction of sp³-hybridized carbons (Fsp3) is 0.312. The maximum atomic E-state index is 13.1. The van der Waals surface area contributed by atoms with Crippen LogP contribution in [0.15, 0.2) is 30.3 Å². The van der Waals surface area contributed by atoms with Gasteiger partial charge in [0.15, 0.2) is 0 Å². The van der Waals surface area contributed by atoms with Crippen molar-refractivity contribution in [2.75, 3.05) is 26.2 Å². The fourth-order valence-corrected chi connectivity index (χ4v) is 3.82. The van der Waals surface area contributed by atoms with Gasteiger partial charge in [-0.3, -0.25) is 9.69 Å². The third kappa shape index (κ3) is 4.04. The Balaban J connectivity index is 1.57. The van der Waals surface area contributed by atoms with E-state index >= 15 is 0 Å². The third-order valence-electron chi connectivity index (χ3n) is 3.85. The van der Waals surface area contributed by atoms with Gasteiger partial charge in [-0.1, -0.05) is 29.3 Å². The summed E-state index contributed by atoms with van der Waals surface area (Å²) in [6, 6.07) is 7.97. The first kappa shape index (κ1) is 16.7. The van der Waals surface area contributed by atoms with Crippen LogP contribution in [0.4, 0.5) is 4.39 Å². The van der Waals surface area contributed by atoms with Gasteiger partial charge < -0.3 is 4.90 Å². The standard InChI is InChI=1S/C16H15Cl2FN2OS/c17-13-9-12(19)2-1-11(13)10-20-5-7-21(8-6-20)16(22)14-3-4-15(18)23-14/h1-4,9H,5-8,10H2. The molecule has 23 heavy (non-hydrogen) atoms. The lowest BCUT2D eigenvalue weighted by molar-refractivity contribution is 0.0633. The van der Waals surface area contributed by atoms with E-state index in [1.807, 2.05) is 4.90 Å². The van der Waals surface area contributed by atoms with E-state index in [0.29, 0.717) is 33.9 Å². The third-order valence-corrected chi connectivity index (χ3v) is 5.42. The van der Waals surface area contributed by atoms with Crippen LogP contribution in [-0.4, -0.2) is 41.9 Å². The molecule has 0 bridgehead atoms. The van der Waals surface area contributed by atoms with Crippen molar-refractivity contribution in [3.05, 3.63) is 55.9 Å². The van der Waals surface area contributed by atoms with Crippen LogP contribution < -0.4 is 0 Å². The molecule has 1 aliphatic rings. The second-order valence-corrected chi connectivity index (χ2v) is 7.53. The number of carbonyl (C=O) groups excluding carboxylic acids is 1. The number of halogens is 3. The minimum absolute atomic E-state index is 0.0290. The molecule has 1 aliphatic heterocycles. The first-order valence-corrected chi connectivity index (χ1v) is 8.81. The predicted molar refractivity (Wildman–Crippen MR) is 91.9 cm³/mol. The lowest BCUT2D eigenvalue weighted by Gasteiger charge is -2.34. The molecular weight excluding hydrogens is 358 g/mol. The first-order chi connectivity index (χ1) is 11.0. The summed E-state index contributed by atoms with van der Waals surface area (Å²) in [6.45, 7) is 3.50. The van der Waals surface area contributed by atoms with Gasteiger partial charge in [0, 0.05) is 37.7 Å². The molecule has 0 atom stereocenters. The Hall–Kier alpha value is -1.14. The van der Waals surface area contributed by atoms with E-state index < -0.39 is 0 Å². The SMILES string of the molecule is O=C(c1ccc(Cl)s1)N1CCN(Cc2ccc(F)cc2Cl)CC1. The molecule has 1 saturated heterocycles. The summed E-state index contributed by atoms with van der Waals surface area (Å²) in [5.41, 5.74) is 0.901. The molecule has 0 unspecified atom stereocenters. The molecule has 1 fully saturated rings. The number of thiophene rings is 1. The van der Waals surface area contributed by atoms with Crippen LogP contribution in [0.5, 0.6) is 0 Å². The Morgan fingerprint density at radius 2 is 1.87 bits per heavy atom. The number of benzene rings is 1. The van der Waals surface area contributed by atoms with Gasteiger partial charge >= 0.3 is 0 Å². The van der Waals surface area contributed by atoms with Crippen LogP contribution in [-0.2, 0) is 6.54 Å². The number of nitrogens with zero attached hydrogens (tertiary/aromatic N) is 2. The second kappa shape index (κ2) is 7.18. The lowest BCUT2D eigenvalue weighted by atomic mass is 10.2. The zero-order valence-electron chi connectivity index (χ0n) is 12.3. The van der Waals surface area contributed by atoms with Gasteiger partial charge in [0.25, 0.3) is 5.91 Å². The molecule has 7 heteroatoms. The highest BCUT2D eigenvalue weighted by Gasteiger charge is 2.23. The zero-order valence-corrected chi connectivity index (χ0v) is 14.6. The van der Waals surface area contributed by atoms with Crippen molar-refractivity contribution >= 4 is 40.4 Å². The molecule has 1 amide bonds. The van der Waals surface area contributed by atoms with Gasteiger partial charge in [0.05, 0.1) is 9.21 Å². The molecular formula is C16H15Cl2FN2OS. The van der Waals surface area contributed by atoms with Crippen molar-refractivity contribution in [2.45, 2.75) is 6.54 Å². The molecule has 0 spiro atoms. The fourth-order valence-electron chi connectivity index (χ4n) is 2.58. The van der Waals surface area contributed by atoms with Crippen molar-refractivity contribution in [1.82, 2.24) is 9.80 Å². The van der Waals surface area contributed by atoms with Crippen LogP contribution in [0.1, 0.15) is 15.2 Å². The van der Waals surface area contributed by atoms with Crippen LogP contribution in [0, 0.1) is 5.82 Å². The van der Waals surface area contributed by atoms with Crippen molar-refractivity contribution < 1.29 is 9.18 Å². The largest absolute Gasteiger partial charge is 0.335 e. The summed E-state index contributed by atoms with van der Waals surface area (Å²) in [4.78, 5) is 17.1. The summed E-state index contributed by atoms with van der Waals surface area (Å²) in [6.07, 6.45) is 0. The van der Waals surface area contributed by atoms with Gasteiger partial charge in [0.2, 0.25) is 0 Å². The number of hydrogen-bond acceptors (Lipinski definition) is 3. The highest BCUT2D eigenvalue weighted by atomic mass is 35.5. The Bertz CT molecular complexity index is 714.